The van der Waals surface area contributed by atoms with E-state index in [1.54, 1.807) is 0 Å². The highest BCUT2D eigenvalue weighted by atomic mass is 16.5. The average Bonchev–Trinajstić information content (AvgIpc) is 3.19. The van der Waals surface area contributed by atoms with Crippen molar-refractivity contribution in [2.45, 2.75) is 78.1 Å². The summed E-state index contributed by atoms with van der Waals surface area (Å²) >= 11 is 0. The molecule has 1 saturated carbocycles. The van der Waals surface area contributed by atoms with Gasteiger partial charge in [-0.05, 0) is 73.2 Å². The van der Waals surface area contributed by atoms with Crippen molar-refractivity contribution in [3.05, 3.63) is 70.8 Å². The SMILES string of the molecule is CCCCCCOc1ccc(C=C2CCC(=Cc3ccc(OCCCCCC)cc3)C2=O)cc1. The number of rotatable bonds is 14. The summed E-state index contributed by atoms with van der Waals surface area (Å²) in [7, 11) is 0. The smallest absolute Gasteiger partial charge is 0.185 e. The number of benzene rings is 2. The Kier molecular flexibility index (Phi) is 11.0. The standard InChI is InChI=1S/C31H40O3/c1-3-5-7-9-21-33-29-17-11-25(12-18-29)23-27-15-16-28(31(27)32)24-26-13-19-30(20-14-26)34-22-10-8-6-4-2/h11-14,17-20,23-24H,3-10,15-16,21-22H2,1-2H3. The molecule has 0 atom stereocenters. The van der Waals surface area contributed by atoms with E-state index in [0.717, 1.165) is 72.7 Å². The lowest BCUT2D eigenvalue weighted by Crippen LogP contribution is -1.98. The third-order valence-electron chi connectivity index (χ3n) is 6.22. The van der Waals surface area contributed by atoms with Crippen molar-refractivity contribution in [3.8, 4) is 11.5 Å². The van der Waals surface area contributed by atoms with Gasteiger partial charge in [0.15, 0.2) is 5.78 Å². The van der Waals surface area contributed by atoms with Crippen LogP contribution in [0.2, 0.25) is 0 Å². The van der Waals surface area contributed by atoms with E-state index in [2.05, 4.69) is 13.8 Å². The summed E-state index contributed by atoms with van der Waals surface area (Å²) in [4.78, 5) is 12.9. The Labute approximate surface area is 205 Å². The lowest BCUT2D eigenvalue weighted by molar-refractivity contribution is -0.111. The maximum Gasteiger partial charge on any atom is 0.185 e. The van der Waals surface area contributed by atoms with Gasteiger partial charge in [0.05, 0.1) is 13.2 Å². The molecule has 2 aromatic carbocycles. The molecule has 3 heteroatoms. The van der Waals surface area contributed by atoms with Gasteiger partial charge >= 0.3 is 0 Å². The molecule has 1 fully saturated rings. The summed E-state index contributed by atoms with van der Waals surface area (Å²) in [6.07, 6.45) is 15.2. The first-order valence-electron chi connectivity index (χ1n) is 13.1. The van der Waals surface area contributed by atoms with Gasteiger partial charge < -0.3 is 9.47 Å². The van der Waals surface area contributed by atoms with Crippen LogP contribution in [0.1, 0.15) is 89.2 Å². The average molecular weight is 461 g/mol. The van der Waals surface area contributed by atoms with Crippen LogP contribution in [0.15, 0.2) is 59.7 Å². The third-order valence-corrected chi connectivity index (χ3v) is 6.22. The van der Waals surface area contributed by atoms with Gasteiger partial charge in [0.2, 0.25) is 0 Å². The highest BCUT2D eigenvalue weighted by molar-refractivity contribution is 6.15. The van der Waals surface area contributed by atoms with Crippen molar-refractivity contribution in [2.75, 3.05) is 13.2 Å². The number of ether oxygens (including phenoxy) is 2. The van der Waals surface area contributed by atoms with Crippen molar-refractivity contribution >= 4 is 17.9 Å². The molecule has 1 aliphatic rings. The molecule has 0 radical (unpaired) electrons. The van der Waals surface area contributed by atoms with E-state index < -0.39 is 0 Å². The van der Waals surface area contributed by atoms with Crippen LogP contribution in [0.5, 0.6) is 11.5 Å². The number of hydrogen-bond acceptors (Lipinski definition) is 3. The van der Waals surface area contributed by atoms with Gasteiger partial charge in [0, 0.05) is 11.1 Å². The molecule has 0 amide bonds. The van der Waals surface area contributed by atoms with Gasteiger partial charge in [-0.15, -0.1) is 0 Å². The molecule has 0 unspecified atom stereocenters. The molecule has 3 nitrogen and oxygen atoms in total. The molecular weight excluding hydrogens is 420 g/mol. The summed E-state index contributed by atoms with van der Waals surface area (Å²) in [5.41, 5.74) is 3.85. The van der Waals surface area contributed by atoms with Gasteiger partial charge in [-0.3, -0.25) is 4.79 Å². The van der Waals surface area contributed by atoms with Crippen LogP contribution in [0, 0.1) is 0 Å². The predicted molar refractivity (Wildman–Crippen MR) is 142 cm³/mol. The molecule has 0 spiro atoms. The summed E-state index contributed by atoms with van der Waals surface area (Å²) in [6.45, 7) is 5.95. The molecule has 0 bridgehead atoms. The van der Waals surface area contributed by atoms with Crippen molar-refractivity contribution in [1.82, 2.24) is 0 Å². The van der Waals surface area contributed by atoms with E-state index in [-0.39, 0.29) is 5.78 Å². The van der Waals surface area contributed by atoms with Gasteiger partial charge in [-0.1, -0.05) is 76.6 Å². The van der Waals surface area contributed by atoms with Crippen LogP contribution < -0.4 is 9.47 Å². The molecule has 182 valence electrons. The Balaban J connectivity index is 1.50. The quantitative estimate of drug-likeness (QED) is 0.210. The van der Waals surface area contributed by atoms with Crippen LogP contribution in [-0.2, 0) is 4.79 Å². The molecule has 2 aromatic rings. The Bertz CT molecular complexity index is 858. The first-order chi connectivity index (χ1) is 16.7. The van der Waals surface area contributed by atoms with Gasteiger partial charge in [0.1, 0.15) is 11.5 Å². The van der Waals surface area contributed by atoms with Crippen molar-refractivity contribution in [3.63, 3.8) is 0 Å². The fourth-order valence-corrected chi connectivity index (χ4v) is 4.14. The molecule has 0 N–H and O–H groups in total. The second-order valence-electron chi connectivity index (χ2n) is 9.12. The lowest BCUT2D eigenvalue weighted by Gasteiger charge is -2.06. The van der Waals surface area contributed by atoms with Crippen LogP contribution in [-0.4, -0.2) is 19.0 Å². The summed E-state index contributed by atoms with van der Waals surface area (Å²) in [5, 5.41) is 0. The summed E-state index contributed by atoms with van der Waals surface area (Å²) < 4.78 is 11.6. The molecule has 3 rings (SSSR count). The number of allylic oxidation sites excluding steroid dienone is 2. The first-order valence-corrected chi connectivity index (χ1v) is 13.1. The normalized spacial score (nSPS) is 15.9. The number of carbonyl (C=O) groups excluding carboxylic acids is 1. The van der Waals surface area contributed by atoms with Gasteiger partial charge in [-0.2, -0.15) is 0 Å². The molecular formula is C31H40O3. The minimum Gasteiger partial charge on any atom is -0.494 e. The summed E-state index contributed by atoms with van der Waals surface area (Å²) in [6, 6.07) is 16.1. The van der Waals surface area contributed by atoms with Crippen molar-refractivity contribution < 1.29 is 14.3 Å². The Morgan fingerprint density at radius 2 is 1.03 bits per heavy atom. The fourth-order valence-electron chi connectivity index (χ4n) is 4.14. The monoisotopic (exact) mass is 460 g/mol. The molecule has 1 aliphatic carbocycles. The molecule has 0 saturated heterocycles. The fraction of sp³-hybridized carbons (Fsp3) is 0.452. The first kappa shape index (κ1) is 25.8. The van der Waals surface area contributed by atoms with E-state index in [1.165, 1.54) is 38.5 Å². The second kappa shape index (κ2) is 14.5. The zero-order valence-electron chi connectivity index (χ0n) is 21.0. The van der Waals surface area contributed by atoms with Crippen molar-refractivity contribution in [1.29, 1.82) is 0 Å². The zero-order chi connectivity index (χ0) is 24.0. The minimum absolute atomic E-state index is 0.160. The molecule has 34 heavy (non-hydrogen) atoms. The third kappa shape index (κ3) is 8.52. The lowest BCUT2D eigenvalue weighted by atomic mass is 10.1. The van der Waals surface area contributed by atoms with E-state index in [0.29, 0.717) is 0 Å². The number of hydrogen-bond donors (Lipinski definition) is 0. The Morgan fingerprint density at radius 1 is 0.618 bits per heavy atom. The van der Waals surface area contributed by atoms with E-state index >= 15 is 0 Å². The Morgan fingerprint density at radius 3 is 1.41 bits per heavy atom. The highest BCUT2D eigenvalue weighted by Crippen LogP contribution is 2.30. The van der Waals surface area contributed by atoms with E-state index in [4.69, 9.17) is 9.47 Å². The maximum absolute atomic E-state index is 12.9. The highest BCUT2D eigenvalue weighted by Gasteiger charge is 2.22. The number of carbonyl (C=O) groups is 1. The topological polar surface area (TPSA) is 35.5 Å². The summed E-state index contributed by atoms with van der Waals surface area (Å²) in [5.74, 6) is 1.95. The van der Waals surface area contributed by atoms with Gasteiger partial charge in [-0.25, -0.2) is 0 Å². The van der Waals surface area contributed by atoms with Crippen LogP contribution in [0.3, 0.4) is 0 Å². The van der Waals surface area contributed by atoms with Crippen LogP contribution in [0.4, 0.5) is 0 Å². The molecule has 0 heterocycles. The minimum atomic E-state index is 0.160. The second-order valence-corrected chi connectivity index (χ2v) is 9.12. The molecule has 0 aromatic heterocycles. The predicted octanol–water partition coefficient (Wildman–Crippen LogP) is 8.43. The Hall–Kier alpha value is -2.81. The largest absolute Gasteiger partial charge is 0.494 e. The molecule has 0 aliphatic heterocycles. The van der Waals surface area contributed by atoms with Crippen LogP contribution in [0.25, 0.3) is 12.2 Å². The maximum atomic E-state index is 12.9. The number of Topliss-reactive ketones (excluding diaryl/α,β-unsaturated/α-hetero) is 1. The van der Waals surface area contributed by atoms with E-state index in [9.17, 15) is 4.79 Å². The van der Waals surface area contributed by atoms with Gasteiger partial charge in [0.25, 0.3) is 0 Å². The number of ketones is 1. The van der Waals surface area contributed by atoms with Crippen LogP contribution >= 0.6 is 0 Å². The van der Waals surface area contributed by atoms with E-state index in [1.807, 2.05) is 60.7 Å². The zero-order valence-corrected chi connectivity index (χ0v) is 21.0. The van der Waals surface area contributed by atoms with Crippen molar-refractivity contribution in [2.24, 2.45) is 0 Å². The number of unbranched alkanes of at least 4 members (excludes halogenated alkanes) is 6.